The molecule has 0 atom stereocenters. The molecule has 15 heavy (non-hydrogen) atoms. The predicted molar refractivity (Wildman–Crippen MR) is 55.7 cm³/mol. The third kappa shape index (κ3) is 10.8. The van der Waals surface area contributed by atoms with Crippen LogP contribution in [0.5, 0.6) is 0 Å². The number of rotatable bonds is 6. The summed E-state index contributed by atoms with van der Waals surface area (Å²) < 4.78 is 9.85. The normalized spacial score (nSPS) is 10.9. The molecular formula is C10H19NO4. The van der Waals surface area contributed by atoms with Gasteiger partial charge in [0.1, 0.15) is 12.9 Å². The number of nitrogens with one attached hydrogen (secondary N) is 1. The minimum absolute atomic E-state index is 0.195. The molecule has 5 nitrogen and oxygen atoms in total. The fraction of sp³-hybridized carbons (Fsp3) is 0.800. The molecule has 88 valence electrons. The first-order valence-corrected chi connectivity index (χ1v) is 4.92. The van der Waals surface area contributed by atoms with Crippen molar-refractivity contribution in [3.8, 4) is 0 Å². The number of amides is 1. The van der Waals surface area contributed by atoms with Crippen LogP contribution >= 0.6 is 0 Å². The fourth-order valence-corrected chi connectivity index (χ4v) is 0.769. The average Bonchev–Trinajstić information content (AvgIpc) is 2.08. The molecule has 0 aromatic carbocycles. The average molecular weight is 217 g/mol. The Labute approximate surface area is 90.1 Å². The van der Waals surface area contributed by atoms with Crippen molar-refractivity contribution in [2.24, 2.45) is 0 Å². The maximum atomic E-state index is 11.1. The van der Waals surface area contributed by atoms with E-state index in [1.165, 1.54) is 0 Å². The van der Waals surface area contributed by atoms with E-state index in [0.29, 0.717) is 19.6 Å². The highest BCUT2D eigenvalue weighted by Crippen LogP contribution is 1.98. The van der Waals surface area contributed by atoms with Crippen LogP contribution in [0.2, 0.25) is 0 Å². The summed E-state index contributed by atoms with van der Waals surface area (Å²) in [7, 11) is 0. The molecule has 0 aliphatic heterocycles. The molecule has 0 aromatic rings. The summed E-state index contributed by atoms with van der Waals surface area (Å²) in [6.07, 6.45) is 0.697. The molecule has 0 bridgehead atoms. The van der Waals surface area contributed by atoms with Crippen molar-refractivity contribution < 1.29 is 19.1 Å². The Morgan fingerprint density at radius 2 is 1.93 bits per heavy atom. The summed E-state index contributed by atoms with van der Waals surface area (Å²) in [5.41, 5.74) is -0.296. The molecule has 0 heterocycles. The molecule has 0 unspecified atom stereocenters. The molecule has 1 N–H and O–H groups in total. The van der Waals surface area contributed by atoms with E-state index in [4.69, 9.17) is 9.47 Å². The van der Waals surface area contributed by atoms with E-state index in [9.17, 15) is 9.59 Å². The van der Waals surface area contributed by atoms with Crippen LogP contribution in [0.1, 0.15) is 27.2 Å². The molecule has 0 saturated carbocycles. The van der Waals surface area contributed by atoms with Gasteiger partial charge in [-0.2, -0.15) is 0 Å². The van der Waals surface area contributed by atoms with Gasteiger partial charge < -0.3 is 19.6 Å². The van der Waals surface area contributed by atoms with Gasteiger partial charge in [0, 0.05) is 12.0 Å². The summed E-state index contributed by atoms with van der Waals surface area (Å²) in [6.45, 7) is 6.48. The van der Waals surface area contributed by atoms with Crippen LogP contribution in [-0.2, 0) is 14.3 Å². The van der Waals surface area contributed by atoms with Gasteiger partial charge in [-0.25, -0.2) is 4.79 Å². The van der Waals surface area contributed by atoms with Crippen molar-refractivity contribution in [1.82, 2.24) is 5.32 Å². The Kier molecular flexibility index (Phi) is 6.70. The fourth-order valence-electron chi connectivity index (χ4n) is 0.769. The first-order chi connectivity index (χ1) is 6.95. The summed E-state index contributed by atoms with van der Waals surface area (Å²) in [6, 6.07) is 0. The van der Waals surface area contributed by atoms with Gasteiger partial charge in [-0.15, -0.1) is 0 Å². The zero-order valence-electron chi connectivity index (χ0n) is 9.54. The minimum atomic E-state index is -0.457. The molecule has 5 heteroatoms. The van der Waals surface area contributed by atoms with Gasteiger partial charge in [0.05, 0.1) is 13.2 Å². The Balaban J connectivity index is 3.36. The van der Waals surface area contributed by atoms with Crippen LogP contribution in [0.25, 0.3) is 0 Å². The lowest BCUT2D eigenvalue weighted by Gasteiger charge is -2.19. The van der Waals surface area contributed by atoms with E-state index < -0.39 is 6.09 Å². The molecule has 0 saturated heterocycles. The van der Waals surface area contributed by atoms with Crippen molar-refractivity contribution in [2.45, 2.75) is 32.7 Å². The second-order valence-corrected chi connectivity index (χ2v) is 4.08. The van der Waals surface area contributed by atoms with Crippen molar-refractivity contribution in [3.05, 3.63) is 0 Å². The number of hydrogen-bond acceptors (Lipinski definition) is 4. The maximum Gasteiger partial charge on any atom is 0.407 e. The number of carbonyl (C=O) groups excluding carboxylic acids is 2. The van der Waals surface area contributed by atoms with Crippen molar-refractivity contribution in [3.63, 3.8) is 0 Å². The maximum absolute atomic E-state index is 11.1. The number of alkyl carbamates (subject to hydrolysis) is 1. The van der Waals surface area contributed by atoms with E-state index in [0.717, 1.165) is 6.29 Å². The van der Waals surface area contributed by atoms with Gasteiger partial charge in [0.2, 0.25) is 0 Å². The Morgan fingerprint density at radius 1 is 1.27 bits per heavy atom. The highest BCUT2D eigenvalue weighted by molar-refractivity contribution is 5.67. The molecule has 1 amide bonds. The van der Waals surface area contributed by atoms with E-state index >= 15 is 0 Å². The standard InChI is InChI=1S/C10H19NO4/c1-10(2,3)11-9(13)15-8-7-14-6-4-5-12/h5H,4,6-8H2,1-3H3,(H,11,13). The first kappa shape index (κ1) is 13.9. The zero-order valence-corrected chi connectivity index (χ0v) is 9.54. The van der Waals surface area contributed by atoms with Crippen LogP contribution in [0.3, 0.4) is 0 Å². The number of hydrogen-bond donors (Lipinski definition) is 1. The minimum Gasteiger partial charge on any atom is -0.447 e. The predicted octanol–water partition coefficient (Wildman–Crippen LogP) is 1.12. The molecule has 0 aromatic heterocycles. The Morgan fingerprint density at radius 3 is 2.47 bits per heavy atom. The number of aldehydes is 1. The van der Waals surface area contributed by atoms with Gasteiger partial charge in [-0.3, -0.25) is 0 Å². The van der Waals surface area contributed by atoms with E-state index in [1.807, 2.05) is 20.8 Å². The second-order valence-electron chi connectivity index (χ2n) is 4.08. The third-order valence-electron chi connectivity index (χ3n) is 1.32. The topological polar surface area (TPSA) is 64.6 Å². The van der Waals surface area contributed by atoms with Crippen LogP contribution in [0, 0.1) is 0 Å². The van der Waals surface area contributed by atoms with E-state index in [-0.39, 0.29) is 12.1 Å². The molecule has 0 aliphatic carbocycles. The molecule has 0 radical (unpaired) electrons. The molecule has 0 aliphatic rings. The van der Waals surface area contributed by atoms with Crippen LogP contribution in [0.15, 0.2) is 0 Å². The lowest BCUT2D eigenvalue weighted by molar-refractivity contribution is -0.108. The van der Waals surface area contributed by atoms with Crippen LogP contribution < -0.4 is 5.32 Å². The summed E-state index contributed by atoms with van der Waals surface area (Å²) in [5.74, 6) is 0. The second kappa shape index (κ2) is 7.23. The van der Waals surface area contributed by atoms with Crippen molar-refractivity contribution in [1.29, 1.82) is 0 Å². The molecular weight excluding hydrogens is 198 g/mol. The number of ether oxygens (including phenoxy) is 2. The molecule has 0 fully saturated rings. The smallest absolute Gasteiger partial charge is 0.407 e. The van der Waals surface area contributed by atoms with Crippen LogP contribution in [-0.4, -0.2) is 37.7 Å². The van der Waals surface area contributed by atoms with Crippen LogP contribution in [0.4, 0.5) is 4.79 Å². The third-order valence-corrected chi connectivity index (χ3v) is 1.32. The Hall–Kier alpha value is -1.10. The highest BCUT2D eigenvalue weighted by atomic mass is 16.6. The molecule has 0 spiro atoms. The monoisotopic (exact) mass is 217 g/mol. The first-order valence-electron chi connectivity index (χ1n) is 4.92. The van der Waals surface area contributed by atoms with Gasteiger partial charge in [-0.1, -0.05) is 0 Å². The lowest BCUT2D eigenvalue weighted by Crippen LogP contribution is -2.41. The Bertz CT molecular complexity index is 198. The van der Waals surface area contributed by atoms with Gasteiger partial charge in [0.25, 0.3) is 0 Å². The quantitative estimate of drug-likeness (QED) is 0.535. The van der Waals surface area contributed by atoms with Gasteiger partial charge >= 0.3 is 6.09 Å². The SMILES string of the molecule is CC(C)(C)NC(=O)OCCOCCC=O. The van der Waals surface area contributed by atoms with E-state index in [1.54, 1.807) is 0 Å². The summed E-state index contributed by atoms with van der Waals surface area (Å²) in [5, 5.41) is 2.65. The van der Waals surface area contributed by atoms with E-state index in [2.05, 4.69) is 5.32 Å². The zero-order chi connectivity index (χ0) is 11.7. The summed E-state index contributed by atoms with van der Waals surface area (Å²) in [4.78, 5) is 21.0. The lowest BCUT2D eigenvalue weighted by atomic mass is 10.1. The van der Waals surface area contributed by atoms with Crippen molar-refractivity contribution >= 4 is 12.4 Å². The largest absolute Gasteiger partial charge is 0.447 e. The summed E-state index contributed by atoms with van der Waals surface area (Å²) >= 11 is 0. The van der Waals surface area contributed by atoms with Crippen molar-refractivity contribution in [2.75, 3.05) is 19.8 Å². The number of carbonyl (C=O) groups is 2. The molecule has 0 rings (SSSR count). The van der Waals surface area contributed by atoms with Gasteiger partial charge in [-0.05, 0) is 20.8 Å². The van der Waals surface area contributed by atoms with Gasteiger partial charge in [0.15, 0.2) is 0 Å². The highest BCUT2D eigenvalue weighted by Gasteiger charge is 2.13.